The zero-order valence-corrected chi connectivity index (χ0v) is 19.4. The number of nitrogens with one attached hydrogen (secondary N) is 1. The van der Waals surface area contributed by atoms with E-state index in [2.05, 4.69) is 10.4 Å². The lowest BCUT2D eigenvalue weighted by Gasteiger charge is -2.13. The van der Waals surface area contributed by atoms with Crippen molar-refractivity contribution in [2.24, 2.45) is 0 Å². The predicted molar refractivity (Wildman–Crippen MR) is 127 cm³/mol. The average molecular weight is 518 g/mol. The van der Waals surface area contributed by atoms with E-state index < -0.39 is 40.8 Å². The summed E-state index contributed by atoms with van der Waals surface area (Å²) >= 11 is 0. The van der Waals surface area contributed by atoms with E-state index in [1.807, 2.05) is 0 Å². The van der Waals surface area contributed by atoms with Crippen molar-refractivity contribution < 1.29 is 30.8 Å². The van der Waals surface area contributed by atoms with E-state index in [1.165, 1.54) is 36.4 Å². The first-order valence-electron chi connectivity index (χ1n) is 10.6. The number of alkyl halides is 3. The quantitative estimate of drug-likeness (QED) is 0.263. The Labute approximate surface area is 205 Å². The van der Waals surface area contributed by atoms with Gasteiger partial charge in [-0.05, 0) is 35.4 Å². The predicted octanol–water partition coefficient (Wildman–Crippen LogP) is 5.13. The van der Waals surface area contributed by atoms with Crippen molar-refractivity contribution in [2.45, 2.75) is 18.5 Å². The fraction of sp³-hybridized carbons (Fsp3) is 0.120. The molecule has 0 bridgehead atoms. The number of amides is 1. The van der Waals surface area contributed by atoms with Crippen LogP contribution in [-0.2, 0) is 34.0 Å². The lowest BCUT2D eigenvalue weighted by Crippen LogP contribution is -2.24. The Balaban J connectivity index is 1.84. The second kappa shape index (κ2) is 10.3. The molecule has 0 fully saturated rings. The molecule has 1 heterocycles. The van der Waals surface area contributed by atoms with Crippen LogP contribution >= 0.6 is 0 Å². The Morgan fingerprint density at radius 3 is 2.08 bits per heavy atom. The Morgan fingerprint density at radius 1 is 0.889 bits per heavy atom. The van der Waals surface area contributed by atoms with E-state index in [0.29, 0.717) is 15.9 Å². The molecule has 4 rings (SSSR count). The topological polar surface area (TPSA) is 81.1 Å². The summed E-state index contributed by atoms with van der Waals surface area (Å²) in [5, 5.41) is 6.68. The Hall–Kier alpha value is -3.99. The second-order valence-corrected chi connectivity index (χ2v) is 8.82. The molecule has 0 atom stereocenters. The molecular formula is C25H19F4N3O3S. The van der Waals surface area contributed by atoms with Crippen molar-refractivity contribution >= 4 is 22.3 Å². The van der Waals surface area contributed by atoms with Crippen LogP contribution in [0.1, 0.15) is 11.3 Å². The van der Waals surface area contributed by atoms with Gasteiger partial charge < -0.3 is 5.32 Å². The molecule has 1 N–H and O–H groups in total. The molecule has 186 valence electrons. The highest BCUT2D eigenvalue weighted by molar-refractivity contribution is 7.71. The third-order valence-corrected chi connectivity index (χ3v) is 5.87. The summed E-state index contributed by atoms with van der Waals surface area (Å²) in [5.74, 6) is -1.57. The minimum Gasteiger partial charge on any atom is -0.324 e. The number of anilines is 1. The van der Waals surface area contributed by atoms with Crippen molar-refractivity contribution in [3.8, 4) is 22.4 Å². The van der Waals surface area contributed by atoms with Crippen LogP contribution in [0.3, 0.4) is 0 Å². The molecule has 3 aromatic carbocycles. The highest BCUT2D eigenvalue weighted by atomic mass is 32.2. The summed E-state index contributed by atoms with van der Waals surface area (Å²) in [6.45, 7) is -0.729. The maximum atomic E-state index is 14.4. The van der Waals surface area contributed by atoms with E-state index in [9.17, 15) is 30.8 Å². The van der Waals surface area contributed by atoms with Crippen LogP contribution in [0.15, 0.2) is 78.9 Å². The highest BCUT2D eigenvalue weighted by Crippen LogP contribution is 2.42. The summed E-state index contributed by atoms with van der Waals surface area (Å²) in [6, 6.07) is 18.6. The molecule has 0 spiro atoms. The normalized spacial score (nSPS) is 11.6. The molecule has 0 aliphatic rings. The summed E-state index contributed by atoms with van der Waals surface area (Å²) in [4.78, 5) is 12.6. The first kappa shape index (κ1) is 25.1. The van der Waals surface area contributed by atoms with Crippen LogP contribution in [-0.4, -0.2) is 24.1 Å². The van der Waals surface area contributed by atoms with Crippen LogP contribution in [0.2, 0.25) is 0 Å². The van der Waals surface area contributed by atoms with Crippen LogP contribution < -0.4 is 5.32 Å². The van der Waals surface area contributed by atoms with Gasteiger partial charge in [-0.3, -0.25) is 4.79 Å². The largest absolute Gasteiger partial charge is 0.433 e. The zero-order valence-electron chi connectivity index (χ0n) is 18.5. The van der Waals surface area contributed by atoms with Crippen LogP contribution in [0.5, 0.6) is 0 Å². The lowest BCUT2D eigenvalue weighted by atomic mass is 9.98. The molecule has 1 aromatic heterocycles. The number of carbonyl (C=O) groups excluding carboxylic acids is 1. The number of benzene rings is 3. The number of thiol groups is 1. The third-order valence-electron chi connectivity index (χ3n) is 5.24. The van der Waals surface area contributed by atoms with E-state index >= 15 is 0 Å². The fourth-order valence-electron chi connectivity index (χ4n) is 3.73. The molecule has 11 heteroatoms. The van der Waals surface area contributed by atoms with Crippen LogP contribution in [0, 0.1) is 5.82 Å². The van der Waals surface area contributed by atoms with E-state index in [1.54, 1.807) is 30.3 Å². The summed E-state index contributed by atoms with van der Waals surface area (Å²) in [7, 11) is -2.68. The van der Waals surface area contributed by atoms with Gasteiger partial charge in [-0.15, -0.1) is 0 Å². The second-order valence-electron chi connectivity index (χ2n) is 7.84. The van der Waals surface area contributed by atoms with Gasteiger partial charge in [0.15, 0.2) is 5.69 Å². The van der Waals surface area contributed by atoms with Crippen LogP contribution in [0.4, 0.5) is 23.2 Å². The van der Waals surface area contributed by atoms with Gasteiger partial charge in [0.25, 0.3) is 0 Å². The number of aromatic nitrogens is 2. The first-order chi connectivity index (χ1) is 17.1. The average Bonchev–Trinajstić information content (AvgIpc) is 3.19. The summed E-state index contributed by atoms with van der Waals surface area (Å²) in [6.07, 6.45) is -4.90. The van der Waals surface area contributed by atoms with E-state index in [0.717, 1.165) is 12.1 Å². The van der Waals surface area contributed by atoms with Gasteiger partial charge in [-0.25, -0.2) is 17.5 Å². The highest BCUT2D eigenvalue weighted by Gasteiger charge is 2.41. The standard InChI is InChI=1S/C25H19F4N3O3S/c26-19-12-10-17(11-13-19)22-23(18-8-6-16(7-9-18)15-36(34)35)31-32(24(22)25(27,28)29)14-21(33)30-20-4-2-1-3-5-20/h1-13,36H,14-15H2,(H,30,33). The minimum absolute atomic E-state index is 0.0557. The molecule has 0 aliphatic heterocycles. The van der Waals surface area contributed by atoms with Gasteiger partial charge in [0.1, 0.15) is 28.8 Å². The number of nitrogens with zero attached hydrogens (tertiary/aromatic N) is 2. The van der Waals surface area contributed by atoms with Crippen molar-refractivity contribution in [3.05, 3.63) is 95.9 Å². The number of carbonyl (C=O) groups is 1. The van der Waals surface area contributed by atoms with E-state index in [4.69, 9.17) is 0 Å². The number of hydrogen-bond donors (Lipinski definition) is 2. The Kier molecular flexibility index (Phi) is 7.20. The third kappa shape index (κ3) is 5.80. The maximum absolute atomic E-state index is 14.4. The SMILES string of the molecule is O=C(Cn1nc(-c2ccc(C[SH](=O)=O)cc2)c(-c2ccc(F)cc2)c1C(F)(F)F)Nc1ccccc1. The molecule has 0 saturated heterocycles. The number of para-hydroxylation sites is 1. The van der Waals surface area contributed by atoms with E-state index in [-0.39, 0.29) is 28.1 Å². The molecule has 0 unspecified atom stereocenters. The number of hydrogen-bond acceptors (Lipinski definition) is 4. The van der Waals surface area contributed by atoms with Gasteiger partial charge in [0.05, 0.1) is 5.75 Å². The zero-order chi connectivity index (χ0) is 25.9. The molecule has 1 amide bonds. The van der Waals surface area contributed by atoms with Crippen LogP contribution in [0.25, 0.3) is 22.4 Å². The van der Waals surface area contributed by atoms with Gasteiger partial charge in [0, 0.05) is 16.8 Å². The smallest absolute Gasteiger partial charge is 0.324 e. The Bertz CT molecular complexity index is 1440. The molecule has 4 aromatic rings. The fourth-order valence-corrected chi connectivity index (χ4v) is 4.24. The molecular weight excluding hydrogens is 498 g/mol. The molecule has 0 saturated carbocycles. The Morgan fingerprint density at radius 2 is 1.50 bits per heavy atom. The maximum Gasteiger partial charge on any atom is 0.433 e. The molecule has 6 nitrogen and oxygen atoms in total. The molecule has 36 heavy (non-hydrogen) atoms. The number of rotatable bonds is 7. The van der Waals surface area contributed by atoms with Crippen molar-refractivity contribution in [3.63, 3.8) is 0 Å². The number of halogens is 4. The lowest BCUT2D eigenvalue weighted by molar-refractivity contribution is -0.144. The molecule has 0 aliphatic carbocycles. The summed E-state index contributed by atoms with van der Waals surface area (Å²) < 4.78 is 79.2. The molecule has 0 radical (unpaired) electrons. The van der Waals surface area contributed by atoms with Crippen molar-refractivity contribution in [1.82, 2.24) is 9.78 Å². The van der Waals surface area contributed by atoms with Gasteiger partial charge in [-0.2, -0.15) is 18.3 Å². The van der Waals surface area contributed by atoms with Gasteiger partial charge >= 0.3 is 6.18 Å². The minimum atomic E-state index is -4.90. The van der Waals surface area contributed by atoms with Gasteiger partial charge in [0.2, 0.25) is 5.91 Å². The first-order valence-corrected chi connectivity index (χ1v) is 12.0. The summed E-state index contributed by atoms with van der Waals surface area (Å²) in [5.41, 5.74) is -0.381. The van der Waals surface area contributed by atoms with Gasteiger partial charge in [-0.1, -0.05) is 54.6 Å². The monoisotopic (exact) mass is 517 g/mol. The van der Waals surface area contributed by atoms with Crippen molar-refractivity contribution in [2.75, 3.05) is 5.32 Å². The van der Waals surface area contributed by atoms with Crippen molar-refractivity contribution in [1.29, 1.82) is 0 Å².